The molecule has 1 amide bonds. The molecule has 0 aliphatic heterocycles. The average Bonchev–Trinajstić information content (AvgIpc) is 3.02. The predicted octanol–water partition coefficient (Wildman–Crippen LogP) is 2.52. The molecule has 1 aromatic carbocycles. The fraction of sp³-hybridized carbons (Fsp3) is 0. The van der Waals surface area contributed by atoms with Crippen molar-refractivity contribution in [1.29, 1.82) is 0 Å². The lowest BCUT2D eigenvalue weighted by Gasteiger charge is -2.06. The molecule has 0 unspecified atom stereocenters. The van der Waals surface area contributed by atoms with E-state index in [1.165, 1.54) is 18.7 Å². The highest BCUT2D eigenvalue weighted by molar-refractivity contribution is 6.04. The molecule has 0 saturated heterocycles. The predicted molar refractivity (Wildman–Crippen MR) is 71.9 cm³/mol. The van der Waals surface area contributed by atoms with Crippen LogP contribution in [0.3, 0.4) is 0 Å². The third-order valence-electron chi connectivity index (χ3n) is 2.72. The van der Waals surface area contributed by atoms with Gasteiger partial charge in [-0.1, -0.05) is 6.07 Å². The van der Waals surface area contributed by atoms with E-state index >= 15 is 0 Å². The van der Waals surface area contributed by atoms with Crippen molar-refractivity contribution >= 4 is 11.6 Å². The first-order chi connectivity index (χ1) is 10.2. The van der Waals surface area contributed by atoms with Crippen molar-refractivity contribution < 1.29 is 13.6 Å². The topological polar surface area (TPSA) is 80.9 Å². The Kier molecular flexibility index (Phi) is 3.38. The molecule has 0 saturated carbocycles. The molecule has 0 bridgehead atoms. The van der Waals surface area contributed by atoms with Gasteiger partial charge in [0.1, 0.15) is 0 Å². The van der Waals surface area contributed by atoms with E-state index in [0.717, 1.165) is 6.07 Å². The van der Waals surface area contributed by atoms with Crippen LogP contribution in [0, 0.1) is 5.95 Å². The number of carbonyl (C=O) groups is 1. The standard InChI is InChI=1S/C14H9FN4O2/c15-12-7-9(4-5-16-12)13(20)18-11-3-1-2-10(6-11)14-19-17-8-21-14/h1-8H,(H,18,20). The fourth-order valence-electron chi connectivity index (χ4n) is 1.78. The number of nitrogens with zero attached hydrogens (tertiary/aromatic N) is 3. The second-order valence-corrected chi connectivity index (χ2v) is 4.15. The third-order valence-corrected chi connectivity index (χ3v) is 2.72. The molecule has 0 spiro atoms. The van der Waals surface area contributed by atoms with Crippen molar-refractivity contribution in [3.8, 4) is 11.5 Å². The largest absolute Gasteiger partial charge is 0.423 e. The minimum atomic E-state index is -0.706. The summed E-state index contributed by atoms with van der Waals surface area (Å²) in [6.07, 6.45) is 2.46. The molecule has 0 aliphatic carbocycles. The molecule has 0 radical (unpaired) electrons. The fourth-order valence-corrected chi connectivity index (χ4v) is 1.78. The van der Waals surface area contributed by atoms with E-state index in [9.17, 15) is 9.18 Å². The number of rotatable bonds is 3. The van der Waals surface area contributed by atoms with Gasteiger partial charge in [0.25, 0.3) is 5.91 Å². The summed E-state index contributed by atoms with van der Waals surface area (Å²) >= 11 is 0. The molecule has 2 heterocycles. The van der Waals surface area contributed by atoms with Gasteiger partial charge < -0.3 is 9.73 Å². The Morgan fingerprint density at radius 1 is 1.24 bits per heavy atom. The lowest BCUT2D eigenvalue weighted by Crippen LogP contribution is -2.12. The van der Waals surface area contributed by atoms with Gasteiger partial charge in [-0.3, -0.25) is 4.79 Å². The van der Waals surface area contributed by atoms with E-state index in [-0.39, 0.29) is 5.56 Å². The number of benzene rings is 1. The van der Waals surface area contributed by atoms with Crippen LogP contribution in [-0.2, 0) is 0 Å². The smallest absolute Gasteiger partial charge is 0.255 e. The number of amides is 1. The molecular weight excluding hydrogens is 275 g/mol. The van der Waals surface area contributed by atoms with E-state index in [2.05, 4.69) is 20.5 Å². The second-order valence-electron chi connectivity index (χ2n) is 4.15. The number of pyridine rings is 1. The number of hydrogen-bond acceptors (Lipinski definition) is 5. The van der Waals surface area contributed by atoms with Crippen molar-refractivity contribution in [2.45, 2.75) is 0 Å². The highest BCUT2D eigenvalue weighted by Gasteiger charge is 2.09. The summed E-state index contributed by atoms with van der Waals surface area (Å²) in [7, 11) is 0. The van der Waals surface area contributed by atoms with Crippen molar-refractivity contribution in [1.82, 2.24) is 15.2 Å². The highest BCUT2D eigenvalue weighted by Crippen LogP contribution is 2.20. The first-order valence-corrected chi connectivity index (χ1v) is 6.02. The van der Waals surface area contributed by atoms with E-state index in [1.807, 2.05) is 0 Å². The normalized spacial score (nSPS) is 10.3. The number of nitrogens with one attached hydrogen (secondary N) is 1. The van der Waals surface area contributed by atoms with Gasteiger partial charge >= 0.3 is 0 Å². The van der Waals surface area contributed by atoms with Crippen LogP contribution in [0.25, 0.3) is 11.5 Å². The molecule has 2 aromatic heterocycles. The van der Waals surface area contributed by atoms with Gasteiger partial charge in [0.2, 0.25) is 18.2 Å². The van der Waals surface area contributed by atoms with Gasteiger partial charge in [0, 0.05) is 29.1 Å². The lowest BCUT2D eigenvalue weighted by molar-refractivity contribution is 0.102. The summed E-state index contributed by atoms with van der Waals surface area (Å²) in [6, 6.07) is 9.40. The van der Waals surface area contributed by atoms with Gasteiger partial charge in [-0.25, -0.2) is 4.98 Å². The van der Waals surface area contributed by atoms with Crippen LogP contribution < -0.4 is 5.32 Å². The molecule has 0 atom stereocenters. The van der Waals surface area contributed by atoms with Crippen LogP contribution in [0.4, 0.5) is 10.1 Å². The first-order valence-electron chi connectivity index (χ1n) is 6.02. The minimum absolute atomic E-state index is 0.186. The maximum atomic E-state index is 13.0. The van der Waals surface area contributed by atoms with Crippen LogP contribution >= 0.6 is 0 Å². The van der Waals surface area contributed by atoms with Crippen LogP contribution in [0.2, 0.25) is 0 Å². The van der Waals surface area contributed by atoms with Gasteiger partial charge in [-0.05, 0) is 24.3 Å². The van der Waals surface area contributed by atoms with E-state index < -0.39 is 11.9 Å². The number of anilines is 1. The molecule has 1 N–H and O–H groups in total. The number of hydrogen-bond donors (Lipinski definition) is 1. The summed E-state index contributed by atoms with van der Waals surface area (Å²) < 4.78 is 18.1. The van der Waals surface area contributed by atoms with E-state index in [4.69, 9.17) is 4.42 Å². The molecule has 7 heteroatoms. The highest BCUT2D eigenvalue weighted by atomic mass is 19.1. The molecule has 6 nitrogen and oxygen atoms in total. The summed E-state index contributed by atoms with van der Waals surface area (Å²) in [4.78, 5) is 15.4. The van der Waals surface area contributed by atoms with Gasteiger partial charge in [0.05, 0.1) is 0 Å². The average molecular weight is 284 g/mol. The molecule has 3 aromatic rings. The van der Waals surface area contributed by atoms with Crippen LogP contribution in [-0.4, -0.2) is 21.1 Å². The molecule has 3 rings (SSSR count). The first kappa shape index (κ1) is 12.9. The van der Waals surface area contributed by atoms with Crippen LogP contribution in [0.15, 0.2) is 53.4 Å². The monoisotopic (exact) mass is 284 g/mol. The Labute approximate surface area is 118 Å². The zero-order valence-electron chi connectivity index (χ0n) is 10.7. The Bertz CT molecular complexity index is 774. The maximum Gasteiger partial charge on any atom is 0.255 e. The number of halogens is 1. The van der Waals surface area contributed by atoms with E-state index in [1.54, 1.807) is 24.3 Å². The Morgan fingerprint density at radius 3 is 2.90 bits per heavy atom. The van der Waals surface area contributed by atoms with Crippen molar-refractivity contribution in [2.75, 3.05) is 5.32 Å². The zero-order valence-corrected chi connectivity index (χ0v) is 10.7. The zero-order chi connectivity index (χ0) is 14.7. The summed E-state index contributed by atoms with van der Waals surface area (Å²) in [5, 5.41) is 10.0. The van der Waals surface area contributed by atoms with Crippen molar-refractivity contribution in [2.24, 2.45) is 0 Å². The molecule has 104 valence electrons. The second kappa shape index (κ2) is 5.49. The molecule has 21 heavy (non-hydrogen) atoms. The Hall–Kier alpha value is -3.09. The maximum absolute atomic E-state index is 13.0. The van der Waals surface area contributed by atoms with Crippen LogP contribution in [0.5, 0.6) is 0 Å². The molecular formula is C14H9FN4O2. The number of carbonyl (C=O) groups excluding carboxylic acids is 1. The summed E-state index contributed by atoms with van der Waals surface area (Å²) in [6.45, 7) is 0. The van der Waals surface area contributed by atoms with Gasteiger partial charge in [-0.2, -0.15) is 4.39 Å². The molecule has 0 aliphatic rings. The quantitative estimate of drug-likeness (QED) is 0.747. The SMILES string of the molecule is O=C(Nc1cccc(-c2nnco2)c1)c1ccnc(F)c1. The minimum Gasteiger partial charge on any atom is -0.423 e. The van der Waals surface area contributed by atoms with Crippen molar-refractivity contribution in [3.05, 3.63) is 60.5 Å². The van der Waals surface area contributed by atoms with Gasteiger partial charge in [-0.15, -0.1) is 10.2 Å². The Balaban J connectivity index is 1.82. The molecule has 0 fully saturated rings. The van der Waals surface area contributed by atoms with E-state index in [0.29, 0.717) is 17.1 Å². The Morgan fingerprint density at radius 2 is 2.14 bits per heavy atom. The summed E-state index contributed by atoms with van der Waals surface area (Å²) in [5.74, 6) is -0.790. The summed E-state index contributed by atoms with van der Waals surface area (Å²) in [5.41, 5.74) is 1.39. The number of aromatic nitrogens is 3. The van der Waals surface area contributed by atoms with Crippen LogP contribution in [0.1, 0.15) is 10.4 Å². The third kappa shape index (κ3) is 2.92. The van der Waals surface area contributed by atoms with Gasteiger partial charge in [0.15, 0.2) is 0 Å². The lowest BCUT2D eigenvalue weighted by atomic mass is 10.2. The van der Waals surface area contributed by atoms with Crippen molar-refractivity contribution in [3.63, 3.8) is 0 Å².